The second-order valence-electron chi connectivity index (χ2n) is 6.14. The van der Waals surface area contributed by atoms with Gasteiger partial charge in [-0.2, -0.15) is 0 Å². The van der Waals surface area contributed by atoms with Crippen LogP contribution in [0.2, 0.25) is 8.67 Å². The van der Waals surface area contributed by atoms with Crippen molar-refractivity contribution in [2.45, 2.75) is 25.2 Å². The summed E-state index contributed by atoms with van der Waals surface area (Å²) in [4.78, 5) is 14.1. The number of nitrogens with one attached hydrogen (secondary N) is 2. The van der Waals surface area contributed by atoms with E-state index in [2.05, 4.69) is 19.3 Å². The van der Waals surface area contributed by atoms with E-state index in [1.807, 2.05) is 4.83 Å². The molecular weight excluding hydrogens is 447 g/mol. The number of rotatable bonds is 9. The van der Waals surface area contributed by atoms with Crippen LogP contribution in [0.5, 0.6) is 11.5 Å². The third-order valence-electron chi connectivity index (χ3n) is 3.59. The topological polar surface area (TPSA) is 93.7 Å². The summed E-state index contributed by atoms with van der Waals surface area (Å²) in [5, 5.41) is 0. The third kappa shape index (κ3) is 5.99. The first kappa shape index (κ1) is 22.8. The Morgan fingerprint density at radius 2 is 1.93 bits per heavy atom. The molecule has 0 aliphatic heterocycles. The molecule has 1 heterocycles. The van der Waals surface area contributed by atoms with E-state index in [0.29, 0.717) is 24.0 Å². The fraction of sp³-hybridized carbons (Fsp3) is 0.353. The summed E-state index contributed by atoms with van der Waals surface area (Å²) in [7, 11) is -2.61. The smallest absolute Gasteiger partial charge is 0.266 e. The van der Waals surface area contributed by atoms with Gasteiger partial charge < -0.3 is 9.47 Å². The number of benzene rings is 1. The Labute approximate surface area is 178 Å². The summed E-state index contributed by atoms with van der Waals surface area (Å²) < 4.78 is 35.6. The molecule has 0 saturated carbocycles. The number of carbonyl (C=O) groups excluding carboxylic acids is 1. The molecule has 0 spiro atoms. The summed E-state index contributed by atoms with van der Waals surface area (Å²) in [6.45, 7) is 4.70. The van der Waals surface area contributed by atoms with Crippen LogP contribution < -0.4 is 19.7 Å². The van der Waals surface area contributed by atoms with Crippen LogP contribution in [0.3, 0.4) is 0 Å². The maximum Gasteiger partial charge on any atom is 0.266 e. The first-order valence-corrected chi connectivity index (χ1v) is 11.3. The van der Waals surface area contributed by atoms with Crippen molar-refractivity contribution < 1.29 is 22.7 Å². The van der Waals surface area contributed by atoms with E-state index < -0.39 is 15.9 Å². The lowest BCUT2D eigenvalue weighted by Gasteiger charge is -2.13. The quantitative estimate of drug-likeness (QED) is 0.542. The van der Waals surface area contributed by atoms with Gasteiger partial charge in [0.1, 0.15) is 9.23 Å². The monoisotopic (exact) mass is 466 g/mol. The predicted octanol–water partition coefficient (Wildman–Crippen LogP) is 4.11. The van der Waals surface area contributed by atoms with Crippen LogP contribution >= 0.6 is 34.5 Å². The van der Waals surface area contributed by atoms with Crippen LogP contribution in [0, 0.1) is 5.92 Å². The molecule has 1 aromatic carbocycles. The van der Waals surface area contributed by atoms with Crippen LogP contribution in [0.15, 0.2) is 29.2 Å². The predicted molar refractivity (Wildman–Crippen MR) is 110 cm³/mol. The summed E-state index contributed by atoms with van der Waals surface area (Å²) in [5.74, 6) is 0.690. The number of amides is 1. The van der Waals surface area contributed by atoms with Gasteiger partial charge in [0.2, 0.25) is 0 Å². The fourth-order valence-electron chi connectivity index (χ4n) is 2.08. The zero-order valence-electron chi connectivity index (χ0n) is 15.4. The number of hydrogen-bond donors (Lipinski definition) is 2. The molecule has 0 unspecified atom stereocenters. The van der Waals surface area contributed by atoms with Crippen molar-refractivity contribution in [3.05, 3.63) is 38.5 Å². The molecule has 0 bridgehead atoms. The van der Waals surface area contributed by atoms with Gasteiger partial charge in [-0.15, -0.1) is 16.2 Å². The van der Waals surface area contributed by atoms with Gasteiger partial charge in [-0.25, -0.2) is 8.42 Å². The largest absolute Gasteiger partial charge is 0.493 e. The van der Waals surface area contributed by atoms with Crippen LogP contribution in [0.4, 0.5) is 0 Å². The summed E-state index contributed by atoms with van der Waals surface area (Å²) in [6, 6.07) is 5.77. The first-order valence-electron chi connectivity index (χ1n) is 8.22. The van der Waals surface area contributed by atoms with Crippen molar-refractivity contribution >= 4 is 50.5 Å². The summed E-state index contributed by atoms with van der Waals surface area (Å²) >= 11 is 12.5. The Balaban J connectivity index is 2.06. The first-order chi connectivity index (χ1) is 13.1. The van der Waals surface area contributed by atoms with Crippen molar-refractivity contribution in [2.75, 3.05) is 13.7 Å². The van der Waals surface area contributed by atoms with Gasteiger partial charge in [-0.3, -0.25) is 10.2 Å². The molecule has 0 aliphatic carbocycles. The minimum atomic E-state index is -4.06. The average molecular weight is 467 g/mol. The average Bonchev–Trinajstić information content (AvgIpc) is 2.98. The number of hydrazine groups is 1. The molecule has 1 aromatic heterocycles. The minimum absolute atomic E-state index is 0.00341. The second kappa shape index (κ2) is 9.80. The van der Waals surface area contributed by atoms with Gasteiger partial charge in [0.25, 0.3) is 15.9 Å². The maximum absolute atomic E-state index is 12.3. The molecule has 0 radical (unpaired) electrons. The Bertz CT molecular complexity index is 945. The van der Waals surface area contributed by atoms with Crippen LogP contribution in [0.25, 0.3) is 0 Å². The van der Waals surface area contributed by atoms with E-state index in [1.54, 1.807) is 6.07 Å². The minimum Gasteiger partial charge on any atom is -0.493 e. The standard InChI is InChI=1S/C17H20Cl2N2O5S2/c1-10(2)6-7-26-12-5-4-11(8-13(12)25-3)17(22)20-21-28(23,24)14-9-15(18)27-16(14)19/h4-5,8-10,21H,6-7H2,1-3H3,(H,20,22). The lowest BCUT2D eigenvalue weighted by atomic mass is 10.1. The molecule has 2 aromatic rings. The van der Waals surface area contributed by atoms with Gasteiger partial charge in [-0.1, -0.05) is 37.0 Å². The SMILES string of the molecule is COc1cc(C(=O)NNS(=O)(=O)c2cc(Cl)sc2Cl)ccc1OCCC(C)C. The summed E-state index contributed by atoms with van der Waals surface area (Å²) in [6.07, 6.45) is 0.877. The van der Waals surface area contributed by atoms with Crippen LogP contribution in [-0.2, 0) is 10.0 Å². The molecule has 1 amide bonds. The highest BCUT2D eigenvalue weighted by Crippen LogP contribution is 2.34. The zero-order valence-corrected chi connectivity index (χ0v) is 18.6. The Kier molecular flexibility index (Phi) is 7.97. The van der Waals surface area contributed by atoms with E-state index in [1.165, 1.54) is 25.3 Å². The summed E-state index contributed by atoms with van der Waals surface area (Å²) in [5.41, 5.74) is 2.32. The highest BCUT2D eigenvalue weighted by Gasteiger charge is 2.22. The van der Waals surface area contributed by atoms with Gasteiger partial charge in [0.05, 0.1) is 18.1 Å². The van der Waals surface area contributed by atoms with Gasteiger partial charge in [0, 0.05) is 5.56 Å². The van der Waals surface area contributed by atoms with Crippen molar-refractivity contribution in [2.24, 2.45) is 5.92 Å². The van der Waals surface area contributed by atoms with E-state index >= 15 is 0 Å². The van der Waals surface area contributed by atoms with Gasteiger partial charge in [-0.05, 0) is 36.6 Å². The molecule has 0 saturated heterocycles. The highest BCUT2D eigenvalue weighted by atomic mass is 35.5. The zero-order chi connectivity index (χ0) is 20.9. The van der Waals surface area contributed by atoms with Crippen molar-refractivity contribution in [3.63, 3.8) is 0 Å². The number of thiophene rings is 1. The molecule has 11 heteroatoms. The molecule has 7 nitrogen and oxygen atoms in total. The molecule has 154 valence electrons. The molecule has 0 fully saturated rings. The number of ether oxygens (including phenoxy) is 2. The molecule has 2 N–H and O–H groups in total. The Hall–Kier alpha value is -1.52. The van der Waals surface area contributed by atoms with Crippen molar-refractivity contribution in [1.82, 2.24) is 10.3 Å². The van der Waals surface area contributed by atoms with Crippen molar-refractivity contribution in [3.8, 4) is 11.5 Å². The van der Waals surface area contributed by atoms with E-state index in [9.17, 15) is 13.2 Å². The van der Waals surface area contributed by atoms with Gasteiger partial charge >= 0.3 is 0 Å². The fourth-order valence-corrected chi connectivity index (χ4v) is 5.07. The molecule has 28 heavy (non-hydrogen) atoms. The maximum atomic E-state index is 12.3. The number of sulfonamides is 1. The molecule has 2 rings (SSSR count). The number of hydrogen-bond acceptors (Lipinski definition) is 6. The van der Waals surface area contributed by atoms with Gasteiger partial charge in [0.15, 0.2) is 11.5 Å². The molecule has 0 aliphatic rings. The van der Waals surface area contributed by atoms with E-state index in [4.69, 9.17) is 32.7 Å². The molecule has 0 atom stereocenters. The van der Waals surface area contributed by atoms with Crippen LogP contribution in [0.1, 0.15) is 30.6 Å². The normalized spacial score (nSPS) is 11.5. The molecular formula is C17H20Cl2N2O5S2. The third-order valence-corrected chi connectivity index (χ3v) is 6.59. The highest BCUT2D eigenvalue weighted by molar-refractivity contribution is 7.89. The van der Waals surface area contributed by atoms with Crippen LogP contribution in [-0.4, -0.2) is 28.0 Å². The second-order valence-corrected chi connectivity index (χ2v) is 10.1. The Morgan fingerprint density at radius 1 is 1.21 bits per heavy atom. The number of carbonyl (C=O) groups is 1. The lowest BCUT2D eigenvalue weighted by molar-refractivity contribution is 0.0944. The number of halogens is 2. The Morgan fingerprint density at radius 3 is 2.50 bits per heavy atom. The number of methoxy groups -OCH3 is 1. The van der Waals surface area contributed by atoms with Crippen molar-refractivity contribution in [1.29, 1.82) is 0 Å². The van der Waals surface area contributed by atoms with E-state index in [0.717, 1.165) is 17.8 Å². The van der Waals surface area contributed by atoms with E-state index in [-0.39, 0.29) is 19.1 Å². The lowest BCUT2D eigenvalue weighted by Crippen LogP contribution is -2.41.